The molecule has 2 atom stereocenters. The number of hydrogen-bond acceptors (Lipinski definition) is 4. The maximum atomic E-state index is 12.8. The molecule has 2 rings (SSSR count). The van der Waals surface area contributed by atoms with Gasteiger partial charge in [0.2, 0.25) is 11.8 Å². The molecule has 23 heavy (non-hydrogen) atoms. The first-order valence-corrected chi connectivity index (χ1v) is 9.38. The fraction of sp³-hybridized carbons (Fsp3) is 0.812. The molecule has 0 saturated carbocycles. The van der Waals surface area contributed by atoms with Crippen molar-refractivity contribution in [2.24, 2.45) is 11.3 Å². The third-order valence-electron chi connectivity index (χ3n) is 5.10. The summed E-state index contributed by atoms with van der Waals surface area (Å²) >= 11 is 1.59. The first kappa shape index (κ1) is 18.1. The van der Waals surface area contributed by atoms with E-state index in [0.29, 0.717) is 31.0 Å². The van der Waals surface area contributed by atoms with E-state index in [0.717, 1.165) is 6.42 Å². The zero-order valence-corrected chi connectivity index (χ0v) is 14.9. The number of amides is 2. The highest BCUT2D eigenvalue weighted by molar-refractivity contribution is 7.99. The number of carbonyl (C=O) groups is 3. The summed E-state index contributed by atoms with van der Waals surface area (Å²) in [5.41, 5.74) is -0.861. The molecule has 0 spiro atoms. The molecule has 0 aliphatic carbocycles. The van der Waals surface area contributed by atoms with Crippen molar-refractivity contribution in [2.75, 3.05) is 24.7 Å². The fourth-order valence-electron chi connectivity index (χ4n) is 3.38. The Kier molecular flexibility index (Phi) is 5.60. The van der Waals surface area contributed by atoms with Gasteiger partial charge in [0.25, 0.3) is 0 Å². The lowest BCUT2D eigenvalue weighted by Gasteiger charge is -2.31. The maximum Gasteiger partial charge on any atom is 0.311 e. The van der Waals surface area contributed by atoms with Crippen molar-refractivity contribution >= 4 is 29.5 Å². The molecule has 0 aromatic rings. The molecular weight excluding hydrogens is 316 g/mol. The highest BCUT2D eigenvalue weighted by Crippen LogP contribution is 2.39. The highest BCUT2D eigenvalue weighted by Gasteiger charge is 2.50. The molecule has 2 unspecified atom stereocenters. The molecule has 2 heterocycles. The van der Waals surface area contributed by atoms with Gasteiger partial charge in [0.15, 0.2) is 0 Å². The zero-order valence-electron chi connectivity index (χ0n) is 14.1. The normalized spacial score (nSPS) is 27.7. The van der Waals surface area contributed by atoms with Crippen molar-refractivity contribution in [3.05, 3.63) is 0 Å². The topological polar surface area (TPSA) is 77.9 Å². The van der Waals surface area contributed by atoms with Gasteiger partial charge in [-0.2, -0.15) is 0 Å². The van der Waals surface area contributed by atoms with E-state index < -0.39 is 17.4 Å². The average molecular weight is 342 g/mol. The molecule has 2 saturated heterocycles. The minimum Gasteiger partial charge on any atom is -0.481 e. The van der Waals surface area contributed by atoms with E-state index in [9.17, 15) is 19.5 Å². The standard InChI is InChI=1S/C16H26N2O4S/c1-4-5-13(19)18-10-23-8-12(18)14(20)17-7-6-16(9-17,11(2)3)15(21)22/h11-12H,4-10H2,1-3H3,(H,21,22). The van der Waals surface area contributed by atoms with Crippen LogP contribution in [0.5, 0.6) is 0 Å². The Bertz CT molecular complexity index is 496. The molecule has 2 amide bonds. The summed E-state index contributed by atoms with van der Waals surface area (Å²) in [6, 6.07) is -0.434. The predicted octanol–water partition coefficient (Wildman–Crippen LogP) is 1.65. The summed E-state index contributed by atoms with van der Waals surface area (Å²) in [5.74, 6) is 0.215. The van der Waals surface area contributed by atoms with Crippen molar-refractivity contribution in [1.82, 2.24) is 9.80 Å². The lowest BCUT2D eigenvalue weighted by molar-refractivity contribution is -0.152. The smallest absolute Gasteiger partial charge is 0.311 e. The van der Waals surface area contributed by atoms with Crippen LogP contribution in [0.3, 0.4) is 0 Å². The van der Waals surface area contributed by atoms with Crippen LogP contribution in [0.1, 0.15) is 40.0 Å². The molecule has 1 N–H and O–H groups in total. The van der Waals surface area contributed by atoms with Crippen molar-refractivity contribution in [3.63, 3.8) is 0 Å². The van der Waals surface area contributed by atoms with Gasteiger partial charge in [-0.1, -0.05) is 20.8 Å². The number of carbonyl (C=O) groups excluding carboxylic acids is 2. The van der Waals surface area contributed by atoms with Crippen LogP contribution in [-0.2, 0) is 14.4 Å². The van der Waals surface area contributed by atoms with E-state index in [-0.39, 0.29) is 24.3 Å². The Morgan fingerprint density at radius 2 is 2.04 bits per heavy atom. The Balaban J connectivity index is 2.09. The summed E-state index contributed by atoms with van der Waals surface area (Å²) in [7, 11) is 0. The number of hydrogen-bond donors (Lipinski definition) is 1. The van der Waals surface area contributed by atoms with Crippen molar-refractivity contribution in [1.29, 1.82) is 0 Å². The number of carboxylic acid groups (broad SMARTS) is 1. The van der Waals surface area contributed by atoms with Crippen molar-refractivity contribution < 1.29 is 19.5 Å². The van der Waals surface area contributed by atoms with Crippen LogP contribution < -0.4 is 0 Å². The first-order chi connectivity index (χ1) is 10.8. The van der Waals surface area contributed by atoms with Crippen molar-refractivity contribution in [2.45, 2.75) is 46.1 Å². The van der Waals surface area contributed by atoms with E-state index in [1.54, 1.807) is 21.6 Å². The van der Waals surface area contributed by atoms with E-state index >= 15 is 0 Å². The summed E-state index contributed by atoms with van der Waals surface area (Å²) in [6.45, 7) is 6.44. The largest absolute Gasteiger partial charge is 0.481 e. The van der Waals surface area contributed by atoms with Crippen LogP contribution in [0.2, 0.25) is 0 Å². The highest BCUT2D eigenvalue weighted by atomic mass is 32.2. The van der Waals surface area contributed by atoms with Crippen LogP contribution in [-0.4, -0.2) is 63.5 Å². The predicted molar refractivity (Wildman–Crippen MR) is 89.0 cm³/mol. The number of carboxylic acids is 1. The molecule has 0 aromatic carbocycles. The lowest BCUT2D eigenvalue weighted by Crippen LogP contribution is -2.49. The van der Waals surface area contributed by atoms with Crippen molar-refractivity contribution in [3.8, 4) is 0 Å². The van der Waals surface area contributed by atoms with Gasteiger partial charge in [0.05, 0.1) is 11.3 Å². The van der Waals surface area contributed by atoms with E-state index in [4.69, 9.17) is 0 Å². The molecule has 130 valence electrons. The fourth-order valence-corrected chi connectivity index (χ4v) is 4.55. The molecule has 7 heteroatoms. The average Bonchev–Trinajstić information content (AvgIpc) is 3.14. The third kappa shape index (κ3) is 3.34. The second-order valence-corrected chi connectivity index (χ2v) is 7.75. The second kappa shape index (κ2) is 7.11. The Labute approximate surface area is 141 Å². The maximum absolute atomic E-state index is 12.8. The molecule has 0 radical (unpaired) electrons. The van der Waals surface area contributed by atoms with Gasteiger partial charge < -0.3 is 14.9 Å². The van der Waals surface area contributed by atoms with Crippen LogP contribution in [0.15, 0.2) is 0 Å². The van der Waals surface area contributed by atoms with Gasteiger partial charge >= 0.3 is 5.97 Å². The summed E-state index contributed by atoms with van der Waals surface area (Å²) in [5, 5.41) is 9.60. The van der Waals surface area contributed by atoms with Gasteiger partial charge in [-0.25, -0.2) is 0 Å². The minimum atomic E-state index is -0.861. The summed E-state index contributed by atoms with van der Waals surface area (Å²) < 4.78 is 0. The lowest BCUT2D eigenvalue weighted by atomic mass is 9.76. The third-order valence-corrected chi connectivity index (χ3v) is 6.11. The SMILES string of the molecule is CCCC(=O)N1CSCC1C(=O)N1CCC(C(=O)O)(C(C)C)C1. The Hall–Kier alpha value is -1.24. The van der Waals surface area contributed by atoms with Crippen LogP contribution in [0, 0.1) is 11.3 Å². The molecule has 0 aromatic heterocycles. The molecule has 6 nitrogen and oxygen atoms in total. The van der Waals surface area contributed by atoms with Crippen LogP contribution in [0.25, 0.3) is 0 Å². The first-order valence-electron chi connectivity index (χ1n) is 8.23. The summed E-state index contributed by atoms with van der Waals surface area (Å²) in [4.78, 5) is 40.0. The summed E-state index contributed by atoms with van der Waals surface area (Å²) in [6.07, 6.45) is 1.70. The Morgan fingerprint density at radius 1 is 1.35 bits per heavy atom. The van der Waals surface area contributed by atoms with Crippen LogP contribution >= 0.6 is 11.8 Å². The number of thioether (sulfide) groups is 1. The number of aliphatic carboxylic acids is 1. The quantitative estimate of drug-likeness (QED) is 0.822. The number of rotatable bonds is 5. The van der Waals surface area contributed by atoms with Gasteiger partial charge in [-0.05, 0) is 18.8 Å². The molecule has 2 fully saturated rings. The number of nitrogens with zero attached hydrogens (tertiary/aromatic N) is 2. The van der Waals surface area contributed by atoms with Gasteiger partial charge in [-0.15, -0.1) is 11.8 Å². The van der Waals surface area contributed by atoms with E-state index in [1.807, 2.05) is 20.8 Å². The van der Waals surface area contributed by atoms with E-state index in [2.05, 4.69) is 0 Å². The zero-order chi connectivity index (χ0) is 17.2. The number of likely N-dealkylation sites (tertiary alicyclic amines) is 1. The molecular formula is C16H26N2O4S. The monoisotopic (exact) mass is 342 g/mol. The van der Waals surface area contributed by atoms with Gasteiger partial charge in [0.1, 0.15) is 6.04 Å². The molecule has 2 aliphatic rings. The van der Waals surface area contributed by atoms with E-state index in [1.165, 1.54) is 0 Å². The van der Waals surface area contributed by atoms with Gasteiger partial charge in [0, 0.05) is 25.3 Å². The van der Waals surface area contributed by atoms with Gasteiger partial charge in [-0.3, -0.25) is 14.4 Å². The Morgan fingerprint density at radius 3 is 2.57 bits per heavy atom. The van der Waals surface area contributed by atoms with Crippen LogP contribution in [0.4, 0.5) is 0 Å². The molecule has 0 bridgehead atoms. The minimum absolute atomic E-state index is 0.0170. The second-order valence-electron chi connectivity index (χ2n) is 6.75. The molecule has 2 aliphatic heterocycles.